The van der Waals surface area contributed by atoms with Crippen molar-refractivity contribution in [1.82, 2.24) is 15.4 Å². The van der Waals surface area contributed by atoms with Crippen molar-refractivity contribution in [2.75, 3.05) is 19.6 Å². The van der Waals surface area contributed by atoms with Gasteiger partial charge in [-0.25, -0.2) is 13.1 Å². The molecule has 1 fully saturated rings. The van der Waals surface area contributed by atoms with E-state index in [9.17, 15) is 18.3 Å². The molecule has 0 aliphatic carbocycles. The van der Waals surface area contributed by atoms with Crippen LogP contribution in [0, 0.1) is 0 Å². The van der Waals surface area contributed by atoms with Gasteiger partial charge in [0.1, 0.15) is 0 Å². The topological polar surface area (TPSA) is 108 Å². The Hall–Kier alpha value is -1.68. The first-order chi connectivity index (χ1) is 13.0. The van der Waals surface area contributed by atoms with Crippen molar-refractivity contribution in [1.29, 1.82) is 0 Å². The van der Waals surface area contributed by atoms with Gasteiger partial charge in [-0.2, -0.15) is 0 Å². The summed E-state index contributed by atoms with van der Waals surface area (Å²) in [5.41, 5.74) is 1.53. The van der Waals surface area contributed by atoms with Crippen LogP contribution < -0.4 is 15.4 Å². The Kier molecular flexibility index (Phi) is 10.0. The highest BCUT2D eigenvalue weighted by Crippen LogP contribution is 2.13. The molecule has 0 spiro atoms. The molecule has 160 valence electrons. The third-order valence-corrected chi connectivity index (χ3v) is 5.96. The molecular weight excluding hydrogens is 437 g/mol. The average Bonchev–Trinajstić information content (AvgIpc) is 3.06. The van der Waals surface area contributed by atoms with Gasteiger partial charge in [-0.05, 0) is 36.2 Å². The second kappa shape index (κ2) is 11.5. The maximum atomic E-state index is 12.4. The summed E-state index contributed by atoms with van der Waals surface area (Å²) in [6.45, 7) is 1.23. The predicted octanol–water partition coefficient (Wildman–Crippen LogP) is 1.11. The maximum absolute atomic E-state index is 12.4. The molecule has 2 atom stereocenters. The molecule has 0 radical (unpaired) electrons. The molecule has 29 heavy (non-hydrogen) atoms. The summed E-state index contributed by atoms with van der Waals surface area (Å²) in [6, 6.07) is 15.0. The van der Waals surface area contributed by atoms with E-state index >= 15 is 0 Å². The highest BCUT2D eigenvalue weighted by Gasteiger charge is 2.29. The predicted molar refractivity (Wildman–Crippen MR) is 116 cm³/mol. The van der Waals surface area contributed by atoms with Crippen LogP contribution in [0.25, 0.3) is 0 Å². The van der Waals surface area contributed by atoms with Crippen molar-refractivity contribution in [2.45, 2.75) is 23.5 Å². The number of amides is 1. The minimum absolute atomic E-state index is 0. The largest absolute Gasteiger partial charge is 0.390 e. The molecule has 2 aromatic carbocycles. The van der Waals surface area contributed by atoms with Crippen LogP contribution in [0.15, 0.2) is 59.5 Å². The molecule has 10 heteroatoms. The summed E-state index contributed by atoms with van der Waals surface area (Å²) in [4.78, 5) is 12.3. The Balaban J connectivity index is 0.00000210. The fraction of sp³-hybridized carbons (Fsp3) is 0.316. The van der Waals surface area contributed by atoms with Gasteiger partial charge in [0.15, 0.2) is 0 Å². The quantitative estimate of drug-likeness (QED) is 0.493. The minimum Gasteiger partial charge on any atom is -0.390 e. The number of β-amino-alcohol motifs (C(OH)–C–C–N with tert-alkyl or cyclic N) is 1. The van der Waals surface area contributed by atoms with Crippen LogP contribution in [0.4, 0.5) is 0 Å². The number of nitrogens with one attached hydrogen (secondary N) is 3. The fourth-order valence-electron chi connectivity index (χ4n) is 2.91. The first kappa shape index (κ1) is 25.4. The SMILES string of the molecule is Cl.Cl.O=C(NCCc1ccccc1)c1ccc(S(=O)(=O)N[C@@H]2CNC[C@H]2O)cc1. The molecule has 0 saturated carbocycles. The second-order valence-corrected chi connectivity index (χ2v) is 8.18. The first-order valence-corrected chi connectivity index (χ1v) is 10.3. The van der Waals surface area contributed by atoms with E-state index in [1.54, 1.807) is 0 Å². The lowest BCUT2D eigenvalue weighted by atomic mass is 10.1. The molecule has 4 N–H and O–H groups in total. The van der Waals surface area contributed by atoms with Gasteiger partial charge >= 0.3 is 0 Å². The Morgan fingerprint density at radius 3 is 2.28 bits per heavy atom. The van der Waals surface area contributed by atoms with Gasteiger partial charge in [0.2, 0.25) is 10.0 Å². The van der Waals surface area contributed by atoms with Gasteiger partial charge in [-0.1, -0.05) is 30.3 Å². The average molecular weight is 462 g/mol. The van der Waals surface area contributed by atoms with Crippen molar-refractivity contribution >= 4 is 40.7 Å². The third kappa shape index (κ3) is 6.95. The minimum atomic E-state index is -3.75. The molecular formula is C19H25Cl2N3O4S. The van der Waals surface area contributed by atoms with Crippen LogP contribution in [0.2, 0.25) is 0 Å². The summed E-state index contributed by atoms with van der Waals surface area (Å²) < 4.78 is 27.3. The number of halogens is 2. The number of carbonyl (C=O) groups is 1. The molecule has 2 aromatic rings. The van der Waals surface area contributed by atoms with Crippen LogP contribution in [0.1, 0.15) is 15.9 Å². The third-order valence-electron chi connectivity index (χ3n) is 4.46. The summed E-state index contributed by atoms with van der Waals surface area (Å²) >= 11 is 0. The van der Waals surface area contributed by atoms with Gasteiger partial charge in [-0.15, -0.1) is 24.8 Å². The van der Waals surface area contributed by atoms with Crippen LogP contribution in [-0.2, 0) is 16.4 Å². The van der Waals surface area contributed by atoms with Gasteiger partial charge in [0.25, 0.3) is 5.91 Å². The standard InChI is InChI=1S/C19H23N3O4S.2ClH/c23-18-13-20-12-17(18)22-27(25,26)16-8-6-15(7-9-16)19(24)21-11-10-14-4-2-1-3-5-14;;/h1-9,17-18,20,22-23H,10-13H2,(H,21,24);2*1H/t17-,18-;;/m1../s1. The van der Waals surface area contributed by atoms with Crippen molar-refractivity contribution in [3.05, 3.63) is 65.7 Å². The van der Waals surface area contributed by atoms with E-state index in [-0.39, 0.29) is 35.6 Å². The van der Waals surface area contributed by atoms with Crippen molar-refractivity contribution in [3.63, 3.8) is 0 Å². The number of aliphatic hydroxyl groups is 1. The van der Waals surface area contributed by atoms with Crippen LogP contribution in [0.5, 0.6) is 0 Å². The van der Waals surface area contributed by atoms with E-state index in [0.717, 1.165) is 12.0 Å². The molecule has 0 unspecified atom stereocenters. The molecule has 1 amide bonds. The van der Waals surface area contributed by atoms with E-state index < -0.39 is 22.2 Å². The number of benzene rings is 2. The van der Waals surface area contributed by atoms with Gasteiger partial charge in [0.05, 0.1) is 17.0 Å². The van der Waals surface area contributed by atoms with Gasteiger partial charge in [-0.3, -0.25) is 4.79 Å². The van der Waals surface area contributed by atoms with Crippen molar-refractivity contribution in [2.24, 2.45) is 0 Å². The number of hydrogen-bond donors (Lipinski definition) is 4. The van der Waals surface area contributed by atoms with Crippen molar-refractivity contribution in [3.8, 4) is 0 Å². The highest BCUT2D eigenvalue weighted by atomic mass is 35.5. The van der Waals surface area contributed by atoms with Crippen LogP contribution >= 0.6 is 24.8 Å². The number of carbonyl (C=O) groups excluding carboxylic acids is 1. The van der Waals surface area contributed by atoms with E-state index in [0.29, 0.717) is 25.2 Å². The Morgan fingerprint density at radius 1 is 1.03 bits per heavy atom. The molecule has 1 heterocycles. The summed E-state index contributed by atoms with van der Waals surface area (Å²) in [7, 11) is -3.75. The zero-order valence-corrected chi connectivity index (χ0v) is 18.0. The fourth-order valence-corrected chi connectivity index (χ4v) is 4.17. The number of sulfonamides is 1. The molecule has 0 bridgehead atoms. The Bertz CT molecular complexity index is 880. The maximum Gasteiger partial charge on any atom is 0.251 e. The van der Waals surface area contributed by atoms with E-state index in [1.807, 2.05) is 30.3 Å². The normalized spacial score (nSPS) is 18.4. The first-order valence-electron chi connectivity index (χ1n) is 8.79. The smallest absolute Gasteiger partial charge is 0.251 e. The van der Waals surface area contributed by atoms with E-state index in [4.69, 9.17) is 0 Å². The zero-order valence-electron chi connectivity index (χ0n) is 15.6. The van der Waals surface area contributed by atoms with Crippen LogP contribution in [-0.4, -0.2) is 51.2 Å². The number of rotatable bonds is 7. The Morgan fingerprint density at radius 2 is 1.69 bits per heavy atom. The number of aliphatic hydroxyl groups excluding tert-OH is 1. The monoisotopic (exact) mass is 461 g/mol. The van der Waals surface area contributed by atoms with Gasteiger partial charge < -0.3 is 15.7 Å². The van der Waals surface area contributed by atoms with E-state index in [2.05, 4.69) is 15.4 Å². The molecule has 1 aliphatic heterocycles. The summed E-state index contributed by atoms with van der Waals surface area (Å²) in [5.74, 6) is -0.252. The lowest BCUT2D eigenvalue weighted by Crippen LogP contribution is -2.42. The molecule has 1 aliphatic rings. The zero-order chi connectivity index (χ0) is 19.3. The summed E-state index contributed by atoms with van der Waals surface area (Å²) in [6.07, 6.45) is -0.0322. The summed E-state index contributed by atoms with van der Waals surface area (Å²) in [5, 5.41) is 15.5. The number of hydrogen-bond acceptors (Lipinski definition) is 5. The van der Waals surface area contributed by atoms with Crippen LogP contribution in [0.3, 0.4) is 0 Å². The lowest BCUT2D eigenvalue weighted by Gasteiger charge is -2.15. The molecule has 0 aromatic heterocycles. The lowest BCUT2D eigenvalue weighted by molar-refractivity contribution is 0.0954. The Labute approximate surface area is 183 Å². The molecule has 1 saturated heterocycles. The highest BCUT2D eigenvalue weighted by molar-refractivity contribution is 7.89. The van der Waals surface area contributed by atoms with E-state index in [1.165, 1.54) is 24.3 Å². The second-order valence-electron chi connectivity index (χ2n) is 6.47. The molecule has 7 nitrogen and oxygen atoms in total. The molecule has 3 rings (SSSR count). The van der Waals surface area contributed by atoms with Gasteiger partial charge in [0, 0.05) is 25.2 Å². The van der Waals surface area contributed by atoms with Crippen molar-refractivity contribution < 1.29 is 18.3 Å².